The van der Waals surface area contributed by atoms with Gasteiger partial charge in [-0.2, -0.15) is 11.8 Å². The van der Waals surface area contributed by atoms with Gasteiger partial charge in [0.2, 0.25) is 5.91 Å². The van der Waals surface area contributed by atoms with E-state index >= 15 is 0 Å². The number of halogens is 3. The number of aliphatic hydroxyl groups is 1. The fourth-order valence-corrected chi connectivity index (χ4v) is 2.30. The standard InChI is InChI=1S/C13H16F3NO2S/c1-7(6-20-2)13(19)17-11(5-18)8-3-9(14)12(16)10(15)4-8/h3-4,7,11,18H,5-6H2,1-2H3,(H,17,19). The van der Waals surface area contributed by atoms with E-state index in [2.05, 4.69) is 5.32 Å². The van der Waals surface area contributed by atoms with Gasteiger partial charge in [0.05, 0.1) is 12.6 Å². The van der Waals surface area contributed by atoms with E-state index in [1.54, 1.807) is 6.92 Å². The first-order valence-electron chi connectivity index (χ1n) is 5.95. The molecule has 2 N–H and O–H groups in total. The van der Waals surface area contributed by atoms with Crippen LogP contribution in [0.5, 0.6) is 0 Å². The fourth-order valence-electron chi connectivity index (χ4n) is 1.65. The topological polar surface area (TPSA) is 49.3 Å². The van der Waals surface area contributed by atoms with Gasteiger partial charge in [-0.3, -0.25) is 4.79 Å². The van der Waals surface area contributed by atoms with Gasteiger partial charge in [-0.1, -0.05) is 6.92 Å². The molecule has 0 spiro atoms. The molecular weight excluding hydrogens is 291 g/mol. The molecule has 112 valence electrons. The molecule has 1 rings (SSSR count). The molecule has 0 heterocycles. The van der Waals surface area contributed by atoms with Gasteiger partial charge in [-0.15, -0.1) is 0 Å². The summed E-state index contributed by atoms with van der Waals surface area (Å²) in [4.78, 5) is 11.8. The Labute approximate surface area is 119 Å². The molecule has 1 aromatic carbocycles. The molecule has 1 aromatic rings. The Hall–Kier alpha value is -1.21. The number of amides is 1. The largest absolute Gasteiger partial charge is 0.394 e. The maximum atomic E-state index is 13.1. The van der Waals surface area contributed by atoms with Gasteiger partial charge >= 0.3 is 0 Å². The van der Waals surface area contributed by atoms with Gasteiger partial charge in [0.1, 0.15) is 0 Å². The Morgan fingerprint density at radius 2 is 1.90 bits per heavy atom. The lowest BCUT2D eigenvalue weighted by Crippen LogP contribution is -2.35. The van der Waals surface area contributed by atoms with Crippen LogP contribution in [0.2, 0.25) is 0 Å². The van der Waals surface area contributed by atoms with Gasteiger partial charge in [0, 0.05) is 11.7 Å². The molecule has 1 amide bonds. The highest BCUT2D eigenvalue weighted by molar-refractivity contribution is 7.98. The molecule has 2 atom stereocenters. The van der Waals surface area contributed by atoms with Crippen LogP contribution >= 0.6 is 11.8 Å². The van der Waals surface area contributed by atoms with Crippen molar-refractivity contribution in [1.29, 1.82) is 0 Å². The molecule has 0 saturated carbocycles. The Morgan fingerprint density at radius 3 is 2.35 bits per heavy atom. The summed E-state index contributed by atoms with van der Waals surface area (Å²) in [6.45, 7) is 1.16. The zero-order valence-corrected chi connectivity index (χ0v) is 11.9. The van der Waals surface area contributed by atoms with Crippen LogP contribution in [0.4, 0.5) is 13.2 Å². The summed E-state index contributed by atoms with van der Waals surface area (Å²) < 4.78 is 39.1. The number of benzene rings is 1. The highest BCUT2D eigenvalue weighted by Crippen LogP contribution is 2.20. The van der Waals surface area contributed by atoms with Crippen LogP contribution in [0.15, 0.2) is 12.1 Å². The first kappa shape index (κ1) is 16.8. The predicted molar refractivity (Wildman–Crippen MR) is 71.8 cm³/mol. The van der Waals surface area contributed by atoms with Crippen LogP contribution < -0.4 is 5.32 Å². The van der Waals surface area contributed by atoms with Crippen molar-refractivity contribution in [3.05, 3.63) is 35.1 Å². The number of aliphatic hydroxyl groups excluding tert-OH is 1. The van der Waals surface area contributed by atoms with E-state index in [9.17, 15) is 23.1 Å². The van der Waals surface area contributed by atoms with E-state index in [4.69, 9.17) is 0 Å². The summed E-state index contributed by atoms with van der Waals surface area (Å²) in [5.74, 6) is -4.36. The lowest BCUT2D eigenvalue weighted by atomic mass is 10.1. The highest BCUT2D eigenvalue weighted by Gasteiger charge is 2.21. The summed E-state index contributed by atoms with van der Waals surface area (Å²) in [7, 11) is 0. The molecule has 0 aliphatic carbocycles. The van der Waals surface area contributed by atoms with E-state index in [1.165, 1.54) is 11.8 Å². The van der Waals surface area contributed by atoms with Crippen LogP contribution in [0, 0.1) is 23.4 Å². The molecule has 7 heteroatoms. The Kier molecular flexibility index (Phi) is 6.35. The Morgan fingerprint density at radius 1 is 1.35 bits per heavy atom. The van der Waals surface area contributed by atoms with Crippen molar-refractivity contribution < 1.29 is 23.1 Å². The lowest BCUT2D eigenvalue weighted by Gasteiger charge is -2.19. The molecule has 0 aliphatic rings. The minimum atomic E-state index is -1.58. The van der Waals surface area contributed by atoms with Gasteiger partial charge in [-0.05, 0) is 24.0 Å². The van der Waals surface area contributed by atoms with Crippen molar-refractivity contribution >= 4 is 17.7 Å². The highest BCUT2D eigenvalue weighted by atomic mass is 32.2. The van der Waals surface area contributed by atoms with Crippen LogP contribution in [0.1, 0.15) is 18.5 Å². The van der Waals surface area contributed by atoms with E-state index in [0.717, 1.165) is 12.1 Å². The number of nitrogens with one attached hydrogen (secondary N) is 1. The first-order chi connectivity index (χ1) is 9.40. The summed E-state index contributed by atoms with van der Waals surface area (Å²) >= 11 is 1.48. The number of carbonyl (C=O) groups excluding carboxylic acids is 1. The smallest absolute Gasteiger partial charge is 0.224 e. The number of carbonyl (C=O) groups is 1. The lowest BCUT2D eigenvalue weighted by molar-refractivity contribution is -0.124. The maximum absolute atomic E-state index is 13.1. The number of hydrogen-bond acceptors (Lipinski definition) is 3. The number of hydrogen-bond donors (Lipinski definition) is 2. The maximum Gasteiger partial charge on any atom is 0.224 e. The molecule has 3 nitrogen and oxygen atoms in total. The van der Waals surface area contributed by atoms with Crippen LogP contribution in [0.3, 0.4) is 0 Å². The van der Waals surface area contributed by atoms with Crippen molar-refractivity contribution in [1.82, 2.24) is 5.32 Å². The molecule has 0 bridgehead atoms. The summed E-state index contributed by atoms with van der Waals surface area (Å²) in [6, 6.07) is 0.550. The Balaban J connectivity index is 2.89. The number of rotatable bonds is 6. The van der Waals surface area contributed by atoms with Crippen molar-refractivity contribution in [3.63, 3.8) is 0 Å². The fraction of sp³-hybridized carbons (Fsp3) is 0.462. The van der Waals surface area contributed by atoms with Crippen LogP contribution in [-0.2, 0) is 4.79 Å². The molecule has 20 heavy (non-hydrogen) atoms. The molecule has 0 aliphatic heterocycles. The molecule has 0 aromatic heterocycles. The summed E-state index contributed by atoms with van der Waals surface area (Å²) in [5, 5.41) is 11.7. The average Bonchev–Trinajstić information content (AvgIpc) is 2.41. The minimum absolute atomic E-state index is 0.0198. The van der Waals surface area contributed by atoms with Crippen molar-refractivity contribution in [2.75, 3.05) is 18.6 Å². The minimum Gasteiger partial charge on any atom is -0.394 e. The van der Waals surface area contributed by atoms with Gasteiger partial charge in [0.15, 0.2) is 17.5 Å². The third-order valence-electron chi connectivity index (χ3n) is 2.77. The second-order valence-electron chi connectivity index (χ2n) is 4.40. The van der Waals surface area contributed by atoms with E-state index in [0.29, 0.717) is 5.75 Å². The predicted octanol–water partition coefficient (Wildman–Crippen LogP) is 2.25. The Bertz CT molecular complexity index is 462. The van der Waals surface area contributed by atoms with Gasteiger partial charge in [-0.25, -0.2) is 13.2 Å². The zero-order valence-electron chi connectivity index (χ0n) is 11.1. The quantitative estimate of drug-likeness (QED) is 0.793. The molecular formula is C13H16F3NO2S. The normalized spacial score (nSPS) is 13.9. The van der Waals surface area contributed by atoms with Crippen LogP contribution in [0.25, 0.3) is 0 Å². The SMILES string of the molecule is CSCC(C)C(=O)NC(CO)c1cc(F)c(F)c(F)c1. The zero-order chi connectivity index (χ0) is 15.3. The van der Waals surface area contributed by atoms with E-state index < -0.39 is 30.1 Å². The van der Waals surface area contributed by atoms with Crippen molar-refractivity contribution in [2.45, 2.75) is 13.0 Å². The second kappa shape index (κ2) is 7.54. The van der Waals surface area contributed by atoms with Gasteiger partial charge in [0.25, 0.3) is 0 Å². The third kappa shape index (κ3) is 4.14. The summed E-state index contributed by atoms with van der Waals surface area (Å²) in [5.41, 5.74) is -0.0198. The monoisotopic (exact) mass is 307 g/mol. The molecule has 2 unspecified atom stereocenters. The van der Waals surface area contributed by atoms with Crippen LogP contribution in [-0.4, -0.2) is 29.6 Å². The van der Waals surface area contributed by atoms with Crippen molar-refractivity contribution in [3.8, 4) is 0 Å². The van der Waals surface area contributed by atoms with Crippen molar-refractivity contribution in [2.24, 2.45) is 5.92 Å². The second-order valence-corrected chi connectivity index (χ2v) is 5.31. The summed E-state index contributed by atoms with van der Waals surface area (Å²) in [6.07, 6.45) is 1.85. The first-order valence-corrected chi connectivity index (χ1v) is 7.34. The molecule has 0 radical (unpaired) electrons. The van der Waals surface area contributed by atoms with Gasteiger partial charge < -0.3 is 10.4 Å². The molecule has 0 saturated heterocycles. The third-order valence-corrected chi connectivity index (χ3v) is 3.61. The number of thioether (sulfide) groups is 1. The van der Waals surface area contributed by atoms with E-state index in [-0.39, 0.29) is 17.4 Å². The molecule has 0 fully saturated rings. The average molecular weight is 307 g/mol. The van der Waals surface area contributed by atoms with E-state index in [1.807, 2.05) is 6.26 Å².